The molecule has 68 valence electrons. The summed E-state index contributed by atoms with van der Waals surface area (Å²) >= 11 is 0. The summed E-state index contributed by atoms with van der Waals surface area (Å²) in [5, 5.41) is 8.73. The van der Waals surface area contributed by atoms with E-state index in [0.717, 1.165) is 19.3 Å². The molecule has 1 aliphatic carbocycles. The lowest BCUT2D eigenvalue weighted by molar-refractivity contribution is -0.151. The fourth-order valence-electron chi connectivity index (χ4n) is 1.09. The van der Waals surface area contributed by atoms with Gasteiger partial charge in [-0.1, -0.05) is 6.08 Å². The van der Waals surface area contributed by atoms with Crippen molar-refractivity contribution in [2.45, 2.75) is 25.4 Å². The molecule has 1 N–H and O–H groups in total. The first-order valence-electron chi connectivity index (χ1n) is 4.21. The number of rotatable bonds is 6. The highest BCUT2D eigenvalue weighted by Gasteiger charge is 2.36. The van der Waals surface area contributed by atoms with Crippen molar-refractivity contribution >= 4 is 5.97 Å². The van der Waals surface area contributed by atoms with Crippen LogP contribution in [0.25, 0.3) is 0 Å². The third-order valence-electron chi connectivity index (χ3n) is 1.91. The minimum Gasteiger partial charge on any atom is -0.479 e. The molecule has 0 aromatic rings. The van der Waals surface area contributed by atoms with Crippen LogP contribution in [0.5, 0.6) is 0 Å². The minimum absolute atomic E-state index is 0.257. The highest BCUT2D eigenvalue weighted by molar-refractivity contribution is 5.73. The van der Waals surface area contributed by atoms with Crippen molar-refractivity contribution in [3.8, 4) is 0 Å². The smallest absolute Gasteiger partial charge is 0.333 e. The zero-order chi connectivity index (χ0) is 8.97. The van der Waals surface area contributed by atoms with Crippen molar-refractivity contribution in [1.29, 1.82) is 0 Å². The average Bonchev–Trinajstić information content (AvgIpc) is 2.80. The van der Waals surface area contributed by atoms with Crippen LogP contribution >= 0.6 is 0 Å². The maximum absolute atomic E-state index is 10.6. The highest BCUT2D eigenvalue weighted by atomic mass is 16.5. The zero-order valence-electron chi connectivity index (χ0n) is 7.03. The number of carboxylic acids is 1. The molecule has 0 aromatic carbocycles. The van der Waals surface area contributed by atoms with Crippen molar-refractivity contribution in [3.05, 3.63) is 12.7 Å². The van der Waals surface area contributed by atoms with E-state index in [9.17, 15) is 4.79 Å². The van der Waals surface area contributed by atoms with Gasteiger partial charge >= 0.3 is 5.97 Å². The predicted octanol–water partition coefficient (Wildman–Crippen LogP) is 1.44. The molecule has 1 aliphatic rings. The summed E-state index contributed by atoms with van der Waals surface area (Å²) in [7, 11) is 0. The Morgan fingerprint density at radius 1 is 1.75 bits per heavy atom. The number of carboxylic acid groups (broad SMARTS) is 1. The van der Waals surface area contributed by atoms with Crippen LogP contribution in [0.15, 0.2) is 12.7 Å². The lowest BCUT2D eigenvalue weighted by Gasteiger charge is -2.11. The Bertz CT molecular complexity index is 173. The maximum Gasteiger partial charge on any atom is 0.333 e. The van der Waals surface area contributed by atoms with Crippen molar-refractivity contribution < 1.29 is 14.6 Å². The molecule has 0 radical (unpaired) electrons. The molecule has 0 amide bonds. The molecule has 1 unspecified atom stereocenters. The molecule has 0 aromatic heterocycles. The van der Waals surface area contributed by atoms with Crippen LogP contribution in [0.4, 0.5) is 0 Å². The summed E-state index contributed by atoms with van der Waals surface area (Å²) in [6, 6.07) is 0. The second-order valence-electron chi connectivity index (χ2n) is 3.04. The van der Waals surface area contributed by atoms with Crippen LogP contribution in [0.3, 0.4) is 0 Å². The van der Waals surface area contributed by atoms with Gasteiger partial charge in [0.25, 0.3) is 0 Å². The topological polar surface area (TPSA) is 46.5 Å². The Morgan fingerprint density at radius 3 is 2.83 bits per heavy atom. The third-order valence-corrected chi connectivity index (χ3v) is 1.91. The van der Waals surface area contributed by atoms with E-state index in [2.05, 4.69) is 6.58 Å². The maximum atomic E-state index is 10.6. The Labute approximate surface area is 72.0 Å². The van der Waals surface area contributed by atoms with Gasteiger partial charge in [0, 0.05) is 0 Å². The first-order valence-corrected chi connectivity index (χ1v) is 4.21. The Kier molecular flexibility index (Phi) is 3.29. The standard InChI is InChI=1S/C9H14O3/c1-2-3-6-12-8(9(10)11)7-4-5-7/h2,7-8H,1,3-6H2,(H,10,11). The summed E-state index contributed by atoms with van der Waals surface area (Å²) in [5.74, 6) is -0.575. The normalized spacial score (nSPS) is 18.7. The van der Waals surface area contributed by atoms with E-state index >= 15 is 0 Å². The molecule has 12 heavy (non-hydrogen) atoms. The van der Waals surface area contributed by atoms with E-state index in [-0.39, 0.29) is 5.92 Å². The molecule has 0 saturated heterocycles. The highest BCUT2D eigenvalue weighted by Crippen LogP contribution is 2.34. The Balaban J connectivity index is 2.23. The summed E-state index contributed by atoms with van der Waals surface area (Å²) in [4.78, 5) is 10.6. The van der Waals surface area contributed by atoms with E-state index in [1.165, 1.54) is 0 Å². The van der Waals surface area contributed by atoms with Gasteiger partial charge in [-0.3, -0.25) is 0 Å². The molecule has 1 rings (SSSR count). The van der Waals surface area contributed by atoms with Gasteiger partial charge in [-0.05, 0) is 25.2 Å². The largest absolute Gasteiger partial charge is 0.479 e. The van der Waals surface area contributed by atoms with Crippen molar-refractivity contribution in [3.63, 3.8) is 0 Å². The molecule has 1 saturated carbocycles. The molecular formula is C9H14O3. The second kappa shape index (κ2) is 4.26. The van der Waals surface area contributed by atoms with Gasteiger partial charge in [-0.25, -0.2) is 4.79 Å². The van der Waals surface area contributed by atoms with Gasteiger partial charge in [0.15, 0.2) is 6.10 Å². The summed E-state index contributed by atoms with van der Waals surface area (Å²) in [5.41, 5.74) is 0. The van der Waals surface area contributed by atoms with Crippen LogP contribution in [-0.2, 0) is 9.53 Å². The van der Waals surface area contributed by atoms with Gasteiger partial charge in [0.05, 0.1) is 6.61 Å². The molecule has 0 spiro atoms. The summed E-state index contributed by atoms with van der Waals surface area (Å²) < 4.78 is 5.20. The van der Waals surface area contributed by atoms with Gasteiger partial charge < -0.3 is 9.84 Å². The number of hydrogen-bond donors (Lipinski definition) is 1. The van der Waals surface area contributed by atoms with E-state index in [1.807, 2.05) is 0 Å². The van der Waals surface area contributed by atoms with Gasteiger partial charge in [0.1, 0.15) is 0 Å². The molecule has 0 bridgehead atoms. The second-order valence-corrected chi connectivity index (χ2v) is 3.04. The number of hydrogen-bond acceptors (Lipinski definition) is 2. The first kappa shape index (κ1) is 9.26. The van der Waals surface area contributed by atoms with Gasteiger partial charge in [0.2, 0.25) is 0 Å². The lowest BCUT2D eigenvalue weighted by Crippen LogP contribution is -2.26. The van der Waals surface area contributed by atoms with Crippen molar-refractivity contribution in [2.75, 3.05) is 6.61 Å². The number of carbonyl (C=O) groups is 1. The monoisotopic (exact) mass is 170 g/mol. The molecule has 1 fully saturated rings. The number of aliphatic carboxylic acids is 1. The fraction of sp³-hybridized carbons (Fsp3) is 0.667. The molecule has 1 atom stereocenters. The average molecular weight is 170 g/mol. The molecule has 3 heteroatoms. The van der Waals surface area contributed by atoms with Crippen LogP contribution in [0, 0.1) is 5.92 Å². The van der Waals surface area contributed by atoms with Crippen LogP contribution in [0.2, 0.25) is 0 Å². The van der Waals surface area contributed by atoms with E-state index in [1.54, 1.807) is 6.08 Å². The van der Waals surface area contributed by atoms with Crippen LogP contribution in [0.1, 0.15) is 19.3 Å². The lowest BCUT2D eigenvalue weighted by atomic mass is 10.2. The third kappa shape index (κ3) is 2.66. The van der Waals surface area contributed by atoms with Crippen LogP contribution < -0.4 is 0 Å². The molecule has 0 heterocycles. The first-order chi connectivity index (χ1) is 5.75. The quantitative estimate of drug-likeness (QED) is 0.484. The van der Waals surface area contributed by atoms with E-state index in [0.29, 0.717) is 6.61 Å². The predicted molar refractivity (Wildman–Crippen MR) is 44.9 cm³/mol. The minimum atomic E-state index is -0.832. The molecular weight excluding hydrogens is 156 g/mol. The van der Waals surface area contributed by atoms with E-state index < -0.39 is 12.1 Å². The SMILES string of the molecule is C=CCCOC(C(=O)O)C1CC1. The Morgan fingerprint density at radius 2 is 2.42 bits per heavy atom. The number of ether oxygens (including phenoxy) is 1. The zero-order valence-corrected chi connectivity index (χ0v) is 7.03. The van der Waals surface area contributed by atoms with Gasteiger partial charge in [-0.15, -0.1) is 6.58 Å². The van der Waals surface area contributed by atoms with Crippen LogP contribution in [-0.4, -0.2) is 23.8 Å². The fourth-order valence-corrected chi connectivity index (χ4v) is 1.09. The summed E-state index contributed by atoms with van der Waals surface area (Å²) in [6.07, 6.45) is 3.85. The molecule has 3 nitrogen and oxygen atoms in total. The van der Waals surface area contributed by atoms with Crippen molar-refractivity contribution in [1.82, 2.24) is 0 Å². The summed E-state index contributed by atoms with van der Waals surface area (Å²) in [6.45, 7) is 4.00. The Hall–Kier alpha value is -0.830. The van der Waals surface area contributed by atoms with E-state index in [4.69, 9.17) is 9.84 Å². The van der Waals surface area contributed by atoms with Gasteiger partial charge in [-0.2, -0.15) is 0 Å². The van der Waals surface area contributed by atoms with Crippen molar-refractivity contribution in [2.24, 2.45) is 5.92 Å². The molecule has 0 aliphatic heterocycles.